The Hall–Kier alpha value is -2.12. The molecule has 0 bridgehead atoms. The van der Waals surface area contributed by atoms with Crippen molar-refractivity contribution in [1.82, 2.24) is 0 Å². The fourth-order valence-corrected chi connectivity index (χ4v) is 4.88. The van der Waals surface area contributed by atoms with Crippen molar-refractivity contribution in [2.24, 2.45) is 0 Å². The molecule has 0 unspecified atom stereocenters. The highest BCUT2D eigenvalue weighted by molar-refractivity contribution is 7.93. The number of anilines is 2. The number of thiophene rings is 1. The van der Waals surface area contributed by atoms with Gasteiger partial charge in [-0.3, -0.25) is 5.32 Å². The molecule has 1 aliphatic carbocycles. The second-order valence-electron chi connectivity index (χ2n) is 5.27. The molecular formula is C16H16N2O3S2. The number of amides is 2. The maximum Gasteiger partial charge on any atom is 0.324 e. The summed E-state index contributed by atoms with van der Waals surface area (Å²) in [5.74, 6) is 0. The summed E-state index contributed by atoms with van der Waals surface area (Å²) < 4.78 is 24.2. The van der Waals surface area contributed by atoms with Crippen LogP contribution in [-0.4, -0.2) is 20.7 Å². The highest BCUT2D eigenvalue weighted by Gasteiger charge is 2.24. The van der Waals surface area contributed by atoms with Crippen molar-refractivity contribution in [2.75, 3.05) is 16.9 Å². The van der Waals surface area contributed by atoms with Crippen LogP contribution in [-0.2, 0) is 16.3 Å². The Morgan fingerprint density at radius 3 is 2.61 bits per heavy atom. The number of carbonyl (C=O) groups is 1. The SMILES string of the molecule is CS(=O)(=O)c1sc(NC(=O)Nc2ccccc2)c2c1C=CCC2. The van der Waals surface area contributed by atoms with Gasteiger partial charge in [0.05, 0.1) is 0 Å². The van der Waals surface area contributed by atoms with Crippen LogP contribution in [0.2, 0.25) is 0 Å². The summed E-state index contributed by atoms with van der Waals surface area (Å²) in [6.07, 6.45) is 6.53. The van der Waals surface area contributed by atoms with E-state index in [1.807, 2.05) is 30.4 Å². The monoisotopic (exact) mass is 348 g/mol. The molecule has 0 spiro atoms. The lowest BCUT2D eigenvalue weighted by Crippen LogP contribution is -2.19. The zero-order chi connectivity index (χ0) is 16.4. The molecule has 2 amide bonds. The predicted molar refractivity (Wildman–Crippen MR) is 93.9 cm³/mol. The van der Waals surface area contributed by atoms with Crippen LogP contribution in [0.4, 0.5) is 15.5 Å². The van der Waals surface area contributed by atoms with E-state index in [0.717, 1.165) is 29.7 Å². The summed E-state index contributed by atoms with van der Waals surface area (Å²) in [6.45, 7) is 0. The van der Waals surface area contributed by atoms with Crippen LogP contribution in [0.1, 0.15) is 17.5 Å². The Morgan fingerprint density at radius 1 is 1.17 bits per heavy atom. The van der Waals surface area contributed by atoms with Gasteiger partial charge in [-0.05, 0) is 30.5 Å². The van der Waals surface area contributed by atoms with E-state index in [0.29, 0.717) is 20.5 Å². The quantitative estimate of drug-likeness (QED) is 0.887. The van der Waals surface area contributed by atoms with Gasteiger partial charge in [0.2, 0.25) is 0 Å². The Labute approximate surface area is 139 Å². The third-order valence-electron chi connectivity index (χ3n) is 3.45. The normalized spacial score (nSPS) is 13.4. The van der Waals surface area contributed by atoms with Gasteiger partial charge >= 0.3 is 6.03 Å². The predicted octanol–water partition coefficient (Wildman–Crippen LogP) is 3.76. The molecule has 2 aromatic rings. The molecule has 7 heteroatoms. The van der Waals surface area contributed by atoms with Gasteiger partial charge in [0.15, 0.2) is 9.84 Å². The molecule has 120 valence electrons. The van der Waals surface area contributed by atoms with E-state index in [9.17, 15) is 13.2 Å². The number of fused-ring (bicyclic) bond motifs is 1. The molecule has 3 rings (SSSR count). The molecule has 1 heterocycles. The number of rotatable bonds is 3. The van der Waals surface area contributed by atoms with Crippen molar-refractivity contribution in [2.45, 2.75) is 17.1 Å². The van der Waals surface area contributed by atoms with Crippen LogP contribution in [0, 0.1) is 0 Å². The fourth-order valence-electron chi connectivity index (χ4n) is 2.46. The van der Waals surface area contributed by atoms with Crippen LogP contribution < -0.4 is 10.6 Å². The maximum absolute atomic E-state index is 12.1. The van der Waals surface area contributed by atoms with Crippen molar-refractivity contribution in [1.29, 1.82) is 0 Å². The van der Waals surface area contributed by atoms with Gasteiger partial charge in [-0.15, -0.1) is 11.3 Å². The smallest absolute Gasteiger partial charge is 0.308 e. The molecule has 23 heavy (non-hydrogen) atoms. The van der Waals surface area contributed by atoms with Gasteiger partial charge in [0.25, 0.3) is 0 Å². The Bertz CT molecular complexity index is 868. The molecular weight excluding hydrogens is 332 g/mol. The zero-order valence-electron chi connectivity index (χ0n) is 12.5. The standard InChI is InChI=1S/C16H16N2O3S2/c1-23(20,21)15-13-10-6-5-9-12(13)14(22-15)18-16(19)17-11-7-3-2-4-8-11/h2-4,6-8,10H,5,9H2,1H3,(H2,17,18,19). The minimum atomic E-state index is -3.32. The summed E-state index contributed by atoms with van der Waals surface area (Å²) in [4.78, 5) is 12.1. The topological polar surface area (TPSA) is 75.3 Å². The summed E-state index contributed by atoms with van der Waals surface area (Å²) in [7, 11) is -3.32. The van der Waals surface area contributed by atoms with Crippen LogP contribution in [0.5, 0.6) is 0 Å². The second kappa shape index (κ2) is 6.17. The molecule has 0 saturated carbocycles. The number of nitrogens with one attached hydrogen (secondary N) is 2. The van der Waals surface area contributed by atoms with Crippen molar-refractivity contribution >= 4 is 44.0 Å². The van der Waals surface area contributed by atoms with Gasteiger partial charge in [0.1, 0.15) is 9.21 Å². The van der Waals surface area contributed by atoms with Crippen molar-refractivity contribution in [3.8, 4) is 0 Å². The molecule has 0 atom stereocenters. The molecule has 2 N–H and O–H groups in total. The average molecular weight is 348 g/mol. The van der Waals surface area contributed by atoms with E-state index in [-0.39, 0.29) is 6.03 Å². The minimum absolute atomic E-state index is 0.304. The highest BCUT2D eigenvalue weighted by atomic mass is 32.2. The summed E-state index contributed by atoms with van der Waals surface area (Å²) in [5.41, 5.74) is 2.28. The molecule has 1 aliphatic rings. The summed E-state index contributed by atoms with van der Waals surface area (Å²) >= 11 is 1.11. The fraction of sp³-hybridized carbons (Fsp3) is 0.188. The number of hydrogen-bond acceptors (Lipinski definition) is 4. The molecule has 0 saturated heterocycles. The van der Waals surface area contributed by atoms with E-state index in [2.05, 4.69) is 10.6 Å². The number of para-hydroxylation sites is 1. The van der Waals surface area contributed by atoms with Gasteiger partial charge in [-0.25, -0.2) is 13.2 Å². The Kier molecular flexibility index (Phi) is 4.23. The van der Waals surface area contributed by atoms with Gasteiger partial charge in [0, 0.05) is 17.5 Å². The van der Waals surface area contributed by atoms with E-state index >= 15 is 0 Å². The Balaban J connectivity index is 1.87. The van der Waals surface area contributed by atoms with Gasteiger partial charge in [-0.1, -0.05) is 30.4 Å². The van der Waals surface area contributed by atoms with E-state index in [4.69, 9.17) is 0 Å². The number of hydrogen-bond donors (Lipinski definition) is 2. The Morgan fingerprint density at radius 2 is 1.91 bits per heavy atom. The summed E-state index contributed by atoms with van der Waals surface area (Å²) in [5, 5.41) is 6.11. The second-order valence-corrected chi connectivity index (χ2v) is 8.50. The lowest BCUT2D eigenvalue weighted by molar-refractivity contribution is 0.262. The lowest BCUT2D eigenvalue weighted by atomic mass is 10.0. The van der Waals surface area contributed by atoms with Gasteiger partial charge < -0.3 is 5.32 Å². The minimum Gasteiger partial charge on any atom is -0.308 e. The number of allylic oxidation sites excluding steroid dienone is 1. The first kappa shape index (κ1) is 15.8. The molecule has 0 aliphatic heterocycles. The first-order valence-corrected chi connectivity index (χ1v) is 9.81. The first-order chi connectivity index (χ1) is 10.9. The van der Waals surface area contributed by atoms with Gasteiger partial charge in [-0.2, -0.15) is 0 Å². The summed E-state index contributed by atoms with van der Waals surface area (Å²) in [6, 6.07) is 8.71. The first-order valence-electron chi connectivity index (χ1n) is 7.10. The van der Waals surface area contributed by atoms with E-state index in [1.54, 1.807) is 12.1 Å². The molecule has 1 aromatic heterocycles. The van der Waals surface area contributed by atoms with Crippen molar-refractivity contribution in [3.63, 3.8) is 0 Å². The highest BCUT2D eigenvalue weighted by Crippen LogP contribution is 2.40. The third kappa shape index (κ3) is 3.46. The van der Waals surface area contributed by atoms with Crippen LogP contribution in [0.25, 0.3) is 6.08 Å². The largest absolute Gasteiger partial charge is 0.324 e. The number of carbonyl (C=O) groups excluding carboxylic acids is 1. The van der Waals surface area contributed by atoms with Crippen LogP contribution in [0.15, 0.2) is 40.6 Å². The zero-order valence-corrected chi connectivity index (χ0v) is 14.1. The molecule has 5 nitrogen and oxygen atoms in total. The van der Waals surface area contributed by atoms with Crippen LogP contribution >= 0.6 is 11.3 Å². The third-order valence-corrected chi connectivity index (χ3v) is 6.46. The molecule has 1 aromatic carbocycles. The number of urea groups is 1. The van der Waals surface area contributed by atoms with Crippen molar-refractivity contribution < 1.29 is 13.2 Å². The van der Waals surface area contributed by atoms with E-state index in [1.165, 1.54) is 6.26 Å². The number of sulfone groups is 1. The number of benzene rings is 1. The average Bonchev–Trinajstić information content (AvgIpc) is 2.87. The van der Waals surface area contributed by atoms with E-state index < -0.39 is 9.84 Å². The lowest BCUT2D eigenvalue weighted by Gasteiger charge is -2.10. The van der Waals surface area contributed by atoms with Crippen molar-refractivity contribution in [3.05, 3.63) is 47.5 Å². The molecule has 0 fully saturated rings. The molecule has 0 radical (unpaired) electrons. The maximum atomic E-state index is 12.1. The van der Waals surface area contributed by atoms with Crippen LogP contribution in [0.3, 0.4) is 0 Å².